The van der Waals surface area contributed by atoms with Gasteiger partial charge in [0.05, 0.1) is 36.2 Å². The van der Waals surface area contributed by atoms with Gasteiger partial charge in [-0.15, -0.1) is 4.80 Å². The average molecular weight is 490 g/mol. The molecular formula is C23H26F3N7O2. The SMILES string of the molecule is Cc1ccc(-n2nccn2)c(C(=O)N2C[C@@H](C)O[C@@H](C)[C@H]2CNc2ncc(C(F)(F)F)cc2C)n1. The van der Waals surface area contributed by atoms with Gasteiger partial charge >= 0.3 is 6.18 Å². The number of amides is 1. The number of ether oxygens (including phenoxy) is 1. The van der Waals surface area contributed by atoms with Crippen molar-refractivity contribution in [2.24, 2.45) is 0 Å². The molecule has 1 fully saturated rings. The highest BCUT2D eigenvalue weighted by Gasteiger charge is 2.38. The van der Waals surface area contributed by atoms with E-state index in [1.54, 1.807) is 30.9 Å². The van der Waals surface area contributed by atoms with Gasteiger partial charge in [-0.05, 0) is 51.5 Å². The third kappa shape index (κ3) is 5.26. The van der Waals surface area contributed by atoms with E-state index in [-0.39, 0.29) is 30.4 Å². The van der Waals surface area contributed by atoms with Gasteiger partial charge in [-0.2, -0.15) is 23.4 Å². The number of anilines is 1. The maximum absolute atomic E-state index is 13.8. The van der Waals surface area contributed by atoms with Crippen LogP contribution in [0.1, 0.15) is 41.2 Å². The molecule has 3 aromatic heterocycles. The molecule has 0 saturated carbocycles. The van der Waals surface area contributed by atoms with Crippen LogP contribution in [0.5, 0.6) is 0 Å². The molecule has 3 aromatic rings. The summed E-state index contributed by atoms with van der Waals surface area (Å²) >= 11 is 0. The van der Waals surface area contributed by atoms with Gasteiger partial charge in [0.15, 0.2) is 5.69 Å². The Morgan fingerprint density at radius 2 is 1.91 bits per heavy atom. The van der Waals surface area contributed by atoms with Gasteiger partial charge in [0.25, 0.3) is 5.91 Å². The third-order valence-electron chi connectivity index (χ3n) is 5.84. The molecule has 0 radical (unpaired) electrons. The zero-order chi connectivity index (χ0) is 25.3. The molecule has 35 heavy (non-hydrogen) atoms. The molecule has 4 rings (SSSR count). The molecule has 1 aliphatic heterocycles. The zero-order valence-electron chi connectivity index (χ0n) is 19.7. The van der Waals surface area contributed by atoms with Gasteiger partial charge < -0.3 is 15.0 Å². The molecule has 186 valence electrons. The molecule has 1 amide bonds. The molecule has 0 aliphatic carbocycles. The van der Waals surface area contributed by atoms with E-state index < -0.39 is 17.8 Å². The van der Waals surface area contributed by atoms with Crippen molar-refractivity contribution in [2.75, 3.05) is 18.4 Å². The van der Waals surface area contributed by atoms with E-state index in [1.807, 2.05) is 13.8 Å². The molecule has 1 aliphatic rings. The Bertz CT molecular complexity index is 1200. The molecule has 12 heteroatoms. The fraction of sp³-hybridized carbons (Fsp3) is 0.435. The van der Waals surface area contributed by atoms with Crippen LogP contribution in [0, 0.1) is 13.8 Å². The molecule has 3 atom stereocenters. The third-order valence-corrected chi connectivity index (χ3v) is 5.84. The quantitative estimate of drug-likeness (QED) is 0.586. The van der Waals surface area contributed by atoms with Crippen molar-refractivity contribution in [1.82, 2.24) is 29.9 Å². The smallest absolute Gasteiger partial charge is 0.372 e. The molecule has 0 unspecified atom stereocenters. The van der Waals surface area contributed by atoms with Gasteiger partial charge in [0.2, 0.25) is 0 Å². The number of hydrogen-bond donors (Lipinski definition) is 1. The van der Waals surface area contributed by atoms with E-state index in [4.69, 9.17) is 4.74 Å². The van der Waals surface area contributed by atoms with Crippen molar-refractivity contribution in [1.29, 1.82) is 0 Å². The lowest BCUT2D eigenvalue weighted by Crippen LogP contribution is -2.58. The molecule has 0 aromatic carbocycles. The number of alkyl halides is 3. The molecule has 4 heterocycles. The first kappa shape index (κ1) is 24.6. The lowest BCUT2D eigenvalue weighted by Gasteiger charge is -2.43. The second-order valence-corrected chi connectivity index (χ2v) is 8.58. The highest BCUT2D eigenvalue weighted by Crippen LogP contribution is 2.30. The van der Waals surface area contributed by atoms with Crippen molar-refractivity contribution in [2.45, 2.75) is 52.1 Å². The van der Waals surface area contributed by atoms with Crippen LogP contribution in [0.3, 0.4) is 0 Å². The molecular weight excluding hydrogens is 463 g/mol. The Morgan fingerprint density at radius 1 is 1.20 bits per heavy atom. The van der Waals surface area contributed by atoms with Crippen LogP contribution in [0.2, 0.25) is 0 Å². The fourth-order valence-corrected chi connectivity index (χ4v) is 4.14. The van der Waals surface area contributed by atoms with Crippen LogP contribution in [-0.4, -0.2) is 67.1 Å². The summed E-state index contributed by atoms with van der Waals surface area (Å²) in [5.74, 6) is -0.00164. The standard InChI is InChI=1S/C23H26F3N7O2/c1-13-9-17(23(24,25)26)10-27-21(13)28-11-19-16(4)35-15(3)12-32(19)22(34)20-18(6-5-14(2)31-20)33-29-7-8-30-33/h5-10,15-16,19H,11-12H2,1-4H3,(H,27,28)/t15-,16+,19-/m1/s1. The monoisotopic (exact) mass is 489 g/mol. The molecule has 1 N–H and O–H groups in total. The largest absolute Gasteiger partial charge is 0.417 e. The first-order valence-corrected chi connectivity index (χ1v) is 11.1. The summed E-state index contributed by atoms with van der Waals surface area (Å²) in [6, 6.07) is 4.13. The Labute approximate surface area is 200 Å². The Hall–Kier alpha value is -3.54. The van der Waals surface area contributed by atoms with Crippen molar-refractivity contribution in [3.63, 3.8) is 0 Å². The highest BCUT2D eigenvalue weighted by atomic mass is 19.4. The Morgan fingerprint density at radius 3 is 2.57 bits per heavy atom. The van der Waals surface area contributed by atoms with E-state index in [2.05, 4.69) is 25.5 Å². The number of pyridine rings is 2. The average Bonchev–Trinajstić information content (AvgIpc) is 3.32. The number of carbonyl (C=O) groups excluding carboxylic acids is 1. The number of aromatic nitrogens is 5. The first-order chi connectivity index (χ1) is 16.5. The van der Waals surface area contributed by atoms with Crippen molar-refractivity contribution >= 4 is 11.7 Å². The Kier molecular flexibility index (Phi) is 6.75. The van der Waals surface area contributed by atoms with E-state index in [1.165, 1.54) is 17.2 Å². The van der Waals surface area contributed by atoms with Gasteiger partial charge in [-0.1, -0.05) is 0 Å². The van der Waals surface area contributed by atoms with Crippen molar-refractivity contribution in [3.8, 4) is 5.69 Å². The van der Waals surface area contributed by atoms with Crippen LogP contribution >= 0.6 is 0 Å². The van der Waals surface area contributed by atoms with Gasteiger partial charge in [-0.3, -0.25) is 4.79 Å². The van der Waals surface area contributed by atoms with E-state index in [9.17, 15) is 18.0 Å². The lowest BCUT2D eigenvalue weighted by atomic mass is 10.0. The molecule has 1 saturated heterocycles. The van der Waals surface area contributed by atoms with Gasteiger partial charge in [0.1, 0.15) is 11.5 Å². The minimum atomic E-state index is -4.47. The van der Waals surface area contributed by atoms with Crippen LogP contribution in [0.15, 0.2) is 36.8 Å². The highest BCUT2D eigenvalue weighted by molar-refractivity contribution is 5.96. The van der Waals surface area contributed by atoms with E-state index in [0.29, 0.717) is 29.3 Å². The molecule has 0 spiro atoms. The summed E-state index contributed by atoms with van der Waals surface area (Å²) in [7, 11) is 0. The summed E-state index contributed by atoms with van der Waals surface area (Å²) in [4.78, 5) is 25.2. The number of hydrogen-bond acceptors (Lipinski definition) is 7. The summed E-state index contributed by atoms with van der Waals surface area (Å²) < 4.78 is 44.9. The summed E-state index contributed by atoms with van der Waals surface area (Å²) in [5, 5.41) is 11.4. The predicted molar refractivity (Wildman–Crippen MR) is 121 cm³/mol. The number of carbonyl (C=O) groups is 1. The van der Waals surface area contributed by atoms with Crippen molar-refractivity contribution < 1.29 is 22.7 Å². The molecule has 9 nitrogen and oxygen atoms in total. The van der Waals surface area contributed by atoms with Crippen LogP contribution < -0.4 is 5.32 Å². The second-order valence-electron chi connectivity index (χ2n) is 8.58. The van der Waals surface area contributed by atoms with Gasteiger partial charge in [0, 0.05) is 25.0 Å². The Balaban J connectivity index is 1.61. The van der Waals surface area contributed by atoms with E-state index >= 15 is 0 Å². The number of nitrogens with one attached hydrogen (secondary N) is 1. The summed E-state index contributed by atoms with van der Waals surface area (Å²) in [6.07, 6.45) is -1.21. The maximum Gasteiger partial charge on any atom is 0.417 e. The number of halogens is 3. The number of aryl methyl sites for hydroxylation is 2. The first-order valence-electron chi connectivity index (χ1n) is 11.1. The molecule has 0 bridgehead atoms. The van der Waals surface area contributed by atoms with Crippen LogP contribution in [-0.2, 0) is 10.9 Å². The number of morpholine rings is 1. The number of rotatable bonds is 5. The predicted octanol–water partition coefficient (Wildman–Crippen LogP) is 3.42. The number of nitrogens with zero attached hydrogens (tertiary/aromatic N) is 6. The minimum Gasteiger partial charge on any atom is -0.372 e. The van der Waals surface area contributed by atoms with Crippen molar-refractivity contribution in [3.05, 3.63) is 59.3 Å². The minimum absolute atomic E-state index is 0.205. The topological polar surface area (TPSA) is 98.1 Å². The van der Waals surface area contributed by atoms with E-state index in [0.717, 1.165) is 12.3 Å². The summed E-state index contributed by atoms with van der Waals surface area (Å²) in [6.45, 7) is 7.61. The van der Waals surface area contributed by atoms with Crippen LogP contribution in [0.25, 0.3) is 5.69 Å². The normalized spacial score (nSPS) is 20.7. The summed E-state index contributed by atoms with van der Waals surface area (Å²) in [5.41, 5.74) is 0.854. The lowest BCUT2D eigenvalue weighted by molar-refractivity contribution is -0.137. The van der Waals surface area contributed by atoms with Gasteiger partial charge in [-0.25, -0.2) is 9.97 Å². The second kappa shape index (κ2) is 9.61. The zero-order valence-corrected chi connectivity index (χ0v) is 19.7. The van der Waals surface area contributed by atoms with Crippen LogP contribution in [0.4, 0.5) is 19.0 Å². The maximum atomic E-state index is 13.8. The fourth-order valence-electron chi connectivity index (χ4n) is 4.14.